The number of hydrogen-bond donors (Lipinski definition) is 0. The summed E-state index contributed by atoms with van der Waals surface area (Å²) < 4.78 is 0.724. The molecule has 0 spiro atoms. The van der Waals surface area contributed by atoms with Crippen LogP contribution in [-0.4, -0.2) is 14.1 Å². The highest BCUT2D eigenvalue weighted by Crippen LogP contribution is 2.28. The van der Waals surface area contributed by atoms with Crippen molar-refractivity contribution in [2.75, 3.05) is 14.1 Å². The summed E-state index contributed by atoms with van der Waals surface area (Å²) in [6.45, 7) is 0. The van der Waals surface area contributed by atoms with Crippen LogP contribution in [0.25, 0.3) is 0 Å². The van der Waals surface area contributed by atoms with E-state index in [1.54, 1.807) is 0 Å². The van der Waals surface area contributed by atoms with Crippen molar-refractivity contribution in [1.82, 2.24) is 4.48 Å². The molecular formula is C14H15N+. The van der Waals surface area contributed by atoms with Crippen LogP contribution in [0.1, 0.15) is 0 Å². The lowest BCUT2D eigenvalue weighted by Gasteiger charge is -2.28. The lowest BCUT2D eigenvalue weighted by molar-refractivity contribution is 0.554. The molecule has 0 amide bonds. The zero-order chi connectivity index (χ0) is 10.7. The summed E-state index contributed by atoms with van der Waals surface area (Å²) in [5, 5.41) is 0. The smallest absolute Gasteiger partial charge is 0.145 e. The fraction of sp³-hybridized carbons (Fsp3) is 0.143. The van der Waals surface area contributed by atoms with Gasteiger partial charge in [-0.05, 0) is 18.2 Å². The van der Waals surface area contributed by atoms with Gasteiger partial charge in [-0.1, -0.05) is 30.3 Å². The summed E-state index contributed by atoms with van der Waals surface area (Å²) in [4.78, 5) is 0. The standard InChI is InChI=1S/C14H15N/c1-15(2,13-9-5-3-6-10-13)14-11-7-4-8-12-14/h3-11H,1-2H3/q+1. The van der Waals surface area contributed by atoms with E-state index in [-0.39, 0.29) is 0 Å². The molecule has 0 bridgehead atoms. The number of benzene rings is 2. The Kier molecular flexibility index (Phi) is 2.57. The molecule has 2 rings (SSSR count). The molecule has 1 radical (unpaired) electrons. The Labute approximate surface area is 91.2 Å². The molecule has 0 heterocycles. The predicted molar refractivity (Wildman–Crippen MR) is 65.0 cm³/mol. The molecule has 0 unspecified atom stereocenters. The molecule has 0 saturated heterocycles. The van der Waals surface area contributed by atoms with Crippen LogP contribution in [0, 0.1) is 6.07 Å². The van der Waals surface area contributed by atoms with Gasteiger partial charge in [-0.25, -0.2) is 0 Å². The van der Waals surface area contributed by atoms with Gasteiger partial charge < -0.3 is 0 Å². The average molecular weight is 197 g/mol. The van der Waals surface area contributed by atoms with Crippen molar-refractivity contribution in [2.45, 2.75) is 0 Å². The van der Waals surface area contributed by atoms with Crippen molar-refractivity contribution in [3.05, 3.63) is 60.7 Å². The monoisotopic (exact) mass is 197 g/mol. The van der Waals surface area contributed by atoms with Gasteiger partial charge in [-0.2, -0.15) is 0 Å². The van der Waals surface area contributed by atoms with E-state index in [1.807, 2.05) is 18.2 Å². The normalized spacial score (nSPS) is 11.3. The second-order valence-corrected chi connectivity index (χ2v) is 4.04. The highest BCUT2D eigenvalue weighted by molar-refractivity contribution is 5.55. The molecule has 0 saturated carbocycles. The Morgan fingerprint density at radius 3 is 2.13 bits per heavy atom. The maximum absolute atomic E-state index is 3.28. The van der Waals surface area contributed by atoms with Crippen LogP contribution in [0.15, 0.2) is 54.6 Å². The largest absolute Gasteiger partial charge is 0.263 e. The van der Waals surface area contributed by atoms with E-state index in [0.717, 1.165) is 4.48 Å². The van der Waals surface area contributed by atoms with Crippen molar-refractivity contribution < 1.29 is 0 Å². The van der Waals surface area contributed by atoms with Gasteiger partial charge in [0.05, 0.1) is 14.1 Å². The summed E-state index contributed by atoms with van der Waals surface area (Å²) in [6, 6.07) is 21.8. The van der Waals surface area contributed by atoms with Gasteiger partial charge >= 0.3 is 0 Å². The van der Waals surface area contributed by atoms with E-state index >= 15 is 0 Å². The van der Waals surface area contributed by atoms with Crippen molar-refractivity contribution in [3.63, 3.8) is 0 Å². The predicted octanol–water partition coefficient (Wildman–Crippen LogP) is 3.39. The van der Waals surface area contributed by atoms with Crippen LogP contribution < -0.4 is 4.48 Å². The van der Waals surface area contributed by atoms with Crippen molar-refractivity contribution in [2.24, 2.45) is 0 Å². The number of rotatable bonds is 2. The highest BCUT2D eigenvalue weighted by Gasteiger charge is 2.21. The van der Waals surface area contributed by atoms with E-state index in [1.165, 1.54) is 11.4 Å². The fourth-order valence-corrected chi connectivity index (χ4v) is 1.67. The molecule has 75 valence electrons. The fourth-order valence-electron chi connectivity index (χ4n) is 1.67. The number of quaternary nitrogens is 1. The summed E-state index contributed by atoms with van der Waals surface area (Å²) in [5.41, 5.74) is 2.43. The number of hydrogen-bond acceptors (Lipinski definition) is 0. The lowest BCUT2D eigenvalue weighted by atomic mass is 10.2. The minimum Gasteiger partial charge on any atom is -0.263 e. The molecule has 2 aromatic rings. The van der Waals surface area contributed by atoms with Gasteiger partial charge in [-0.15, -0.1) is 0 Å². The molecule has 0 fully saturated rings. The summed E-state index contributed by atoms with van der Waals surface area (Å²) in [6.07, 6.45) is 0. The first-order valence-electron chi connectivity index (χ1n) is 5.08. The molecule has 0 atom stereocenters. The number of nitrogens with zero attached hydrogens (tertiary/aromatic N) is 1. The average Bonchev–Trinajstić information content (AvgIpc) is 2.31. The molecule has 0 N–H and O–H groups in total. The molecule has 15 heavy (non-hydrogen) atoms. The van der Waals surface area contributed by atoms with Gasteiger partial charge in [0.15, 0.2) is 0 Å². The van der Waals surface area contributed by atoms with Crippen molar-refractivity contribution in [1.29, 1.82) is 0 Å². The van der Waals surface area contributed by atoms with Gasteiger partial charge in [-0.3, -0.25) is 4.48 Å². The van der Waals surface area contributed by atoms with Crippen LogP contribution in [0.3, 0.4) is 0 Å². The van der Waals surface area contributed by atoms with Gasteiger partial charge in [0.25, 0.3) is 0 Å². The van der Waals surface area contributed by atoms with Crippen LogP contribution in [0.2, 0.25) is 0 Å². The van der Waals surface area contributed by atoms with E-state index in [9.17, 15) is 0 Å². The lowest BCUT2D eigenvalue weighted by Crippen LogP contribution is -2.34. The van der Waals surface area contributed by atoms with Gasteiger partial charge in [0.2, 0.25) is 0 Å². The molecule has 2 aromatic carbocycles. The van der Waals surface area contributed by atoms with Crippen molar-refractivity contribution >= 4 is 11.4 Å². The van der Waals surface area contributed by atoms with Crippen molar-refractivity contribution in [3.8, 4) is 0 Å². The van der Waals surface area contributed by atoms with Crippen LogP contribution >= 0.6 is 0 Å². The Bertz CT molecular complexity index is 376. The quantitative estimate of drug-likeness (QED) is 0.647. The molecule has 0 aromatic heterocycles. The molecule has 1 nitrogen and oxygen atoms in total. The van der Waals surface area contributed by atoms with Crippen LogP contribution in [0.4, 0.5) is 11.4 Å². The maximum atomic E-state index is 3.28. The minimum atomic E-state index is 0.724. The third-order valence-electron chi connectivity index (χ3n) is 2.70. The third-order valence-corrected chi connectivity index (χ3v) is 2.70. The molecular weight excluding hydrogens is 182 g/mol. The topological polar surface area (TPSA) is 0 Å². The van der Waals surface area contributed by atoms with E-state index < -0.39 is 0 Å². The maximum Gasteiger partial charge on any atom is 0.145 e. The van der Waals surface area contributed by atoms with Gasteiger partial charge in [0, 0.05) is 12.1 Å². The van der Waals surface area contributed by atoms with E-state index in [4.69, 9.17) is 0 Å². The third kappa shape index (κ3) is 1.92. The summed E-state index contributed by atoms with van der Waals surface area (Å²) >= 11 is 0. The SMILES string of the molecule is C[N+](C)(c1[c]cccc1)c1ccccc1. The Morgan fingerprint density at radius 2 is 1.53 bits per heavy atom. The minimum absolute atomic E-state index is 0.724. The zero-order valence-corrected chi connectivity index (χ0v) is 9.14. The summed E-state index contributed by atoms with van der Waals surface area (Å²) in [5.74, 6) is 0. The number of para-hydroxylation sites is 2. The molecule has 0 aliphatic rings. The van der Waals surface area contributed by atoms with E-state index in [0.29, 0.717) is 0 Å². The van der Waals surface area contributed by atoms with E-state index in [2.05, 4.69) is 56.6 Å². The summed E-state index contributed by atoms with van der Waals surface area (Å²) in [7, 11) is 4.34. The van der Waals surface area contributed by atoms with Gasteiger partial charge in [0.1, 0.15) is 11.4 Å². The Morgan fingerprint density at radius 1 is 0.867 bits per heavy atom. The molecule has 1 heteroatoms. The Balaban J connectivity index is 2.44. The zero-order valence-electron chi connectivity index (χ0n) is 9.14. The first-order chi connectivity index (χ1) is 7.21. The Hall–Kier alpha value is -1.60. The molecule has 0 aliphatic carbocycles. The second-order valence-electron chi connectivity index (χ2n) is 4.04. The van der Waals surface area contributed by atoms with Crippen LogP contribution in [0.5, 0.6) is 0 Å². The first kappa shape index (κ1) is 9.94. The highest BCUT2D eigenvalue weighted by atomic mass is 15.3. The first-order valence-corrected chi connectivity index (χ1v) is 5.08. The second kappa shape index (κ2) is 3.87. The molecule has 0 aliphatic heterocycles. The van der Waals surface area contributed by atoms with Crippen LogP contribution in [-0.2, 0) is 0 Å².